The summed E-state index contributed by atoms with van der Waals surface area (Å²) >= 11 is 0. The zero-order valence-electron chi connectivity index (χ0n) is 9.74. The molecule has 1 saturated heterocycles. The van der Waals surface area contributed by atoms with Crippen LogP contribution in [-0.2, 0) is 4.79 Å². The van der Waals surface area contributed by atoms with E-state index < -0.39 is 0 Å². The number of hydrogen-bond donors (Lipinski definition) is 0. The van der Waals surface area contributed by atoms with Crippen molar-refractivity contribution in [2.45, 2.75) is 38.6 Å². The molecule has 1 saturated carbocycles. The minimum Gasteiger partial charge on any atom is -0.301 e. The average molecular weight is 210 g/mol. The Kier molecular flexibility index (Phi) is 3.76. The third-order valence-corrected chi connectivity index (χ3v) is 3.68. The highest BCUT2D eigenvalue weighted by Gasteiger charge is 2.29. The molecule has 86 valence electrons. The fraction of sp³-hybridized carbons (Fsp3) is 0.917. The second-order valence-corrected chi connectivity index (χ2v) is 4.81. The van der Waals surface area contributed by atoms with Gasteiger partial charge in [-0.1, -0.05) is 6.92 Å². The number of nitrogens with zero attached hydrogens (tertiary/aromatic N) is 2. The zero-order chi connectivity index (χ0) is 10.7. The number of hydrogen-bond acceptors (Lipinski definition) is 3. The first-order valence-electron chi connectivity index (χ1n) is 6.27. The standard InChI is InChI=1S/C12H22N2O/c1-2-5-13-6-8-14(9-7-13)11-3-4-12(15)10-11/h11H,2-10H2,1H3. The molecule has 1 aliphatic heterocycles. The molecule has 0 spiro atoms. The van der Waals surface area contributed by atoms with Crippen molar-refractivity contribution in [3.63, 3.8) is 0 Å². The quantitative estimate of drug-likeness (QED) is 0.698. The highest BCUT2D eigenvalue weighted by atomic mass is 16.1. The van der Waals surface area contributed by atoms with Gasteiger partial charge in [-0.3, -0.25) is 9.69 Å². The predicted molar refractivity (Wildman–Crippen MR) is 61.0 cm³/mol. The molecule has 15 heavy (non-hydrogen) atoms. The normalized spacial score (nSPS) is 29.9. The van der Waals surface area contributed by atoms with Crippen molar-refractivity contribution in [1.29, 1.82) is 0 Å². The lowest BCUT2D eigenvalue weighted by molar-refractivity contribution is -0.117. The van der Waals surface area contributed by atoms with E-state index in [9.17, 15) is 4.79 Å². The minimum atomic E-state index is 0.469. The zero-order valence-corrected chi connectivity index (χ0v) is 9.74. The van der Waals surface area contributed by atoms with Crippen molar-refractivity contribution < 1.29 is 4.79 Å². The van der Waals surface area contributed by atoms with Gasteiger partial charge in [-0.25, -0.2) is 0 Å². The molecule has 2 fully saturated rings. The van der Waals surface area contributed by atoms with Gasteiger partial charge in [0.25, 0.3) is 0 Å². The summed E-state index contributed by atoms with van der Waals surface area (Å²) in [6.45, 7) is 8.19. The molecule has 0 aromatic rings. The van der Waals surface area contributed by atoms with Gasteiger partial charge >= 0.3 is 0 Å². The number of carbonyl (C=O) groups is 1. The fourth-order valence-corrected chi connectivity index (χ4v) is 2.77. The topological polar surface area (TPSA) is 23.6 Å². The first-order chi connectivity index (χ1) is 7.29. The maximum atomic E-state index is 11.2. The average Bonchev–Trinajstić information content (AvgIpc) is 2.67. The first kappa shape index (κ1) is 11.1. The molecular formula is C12H22N2O. The molecule has 0 bridgehead atoms. The summed E-state index contributed by atoms with van der Waals surface area (Å²) in [6.07, 6.45) is 3.99. The van der Waals surface area contributed by atoms with Crippen LogP contribution in [0.2, 0.25) is 0 Å². The van der Waals surface area contributed by atoms with Gasteiger partial charge in [0.15, 0.2) is 0 Å². The van der Waals surface area contributed by atoms with E-state index >= 15 is 0 Å². The molecular weight excluding hydrogens is 188 g/mol. The van der Waals surface area contributed by atoms with Crippen LogP contribution in [0.3, 0.4) is 0 Å². The monoisotopic (exact) mass is 210 g/mol. The van der Waals surface area contributed by atoms with Crippen LogP contribution < -0.4 is 0 Å². The van der Waals surface area contributed by atoms with Gasteiger partial charge in [0, 0.05) is 45.1 Å². The maximum Gasteiger partial charge on any atom is 0.134 e. The summed E-state index contributed by atoms with van der Waals surface area (Å²) in [4.78, 5) is 16.3. The van der Waals surface area contributed by atoms with Gasteiger partial charge in [0.2, 0.25) is 0 Å². The summed E-state index contributed by atoms with van der Waals surface area (Å²) < 4.78 is 0. The number of piperazine rings is 1. The van der Waals surface area contributed by atoms with Gasteiger partial charge in [0.1, 0.15) is 5.78 Å². The van der Waals surface area contributed by atoms with E-state index in [-0.39, 0.29) is 0 Å². The van der Waals surface area contributed by atoms with Gasteiger partial charge in [-0.05, 0) is 19.4 Å². The highest BCUT2D eigenvalue weighted by molar-refractivity contribution is 5.81. The van der Waals surface area contributed by atoms with Gasteiger partial charge < -0.3 is 4.90 Å². The Morgan fingerprint density at radius 2 is 2.00 bits per heavy atom. The number of ketones is 1. The number of rotatable bonds is 3. The maximum absolute atomic E-state index is 11.2. The van der Waals surface area contributed by atoms with E-state index in [1.54, 1.807) is 0 Å². The molecule has 0 radical (unpaired) electrons. The SMILES string of the molecule is CCCN1CCN(C2CCC(=O)C2)CC1. The van der Waals surface area contributed by atoms with Crippen LogP contribution in [0.25, 0.3) is 0 Å². The first-order valence-corrected chi connectivity index (χ1v) is 6.27. The summed E-state index contributed by atoms with van der Waals surface area (Å²) in [5.41, 5.74) is 0. The van der Waals surface area contributed by atoms with Gasteiger partial charge in [-0.15, -0.1) is 0 Å². The van der Waals surface area contributed by atoms with E-state index in [1.807, 2.05) is 0 Å². The van der Waals surface area contributed by atoms with Crippen molar-refractivity contribution in [3.05, 3.63) is 0 Å². The Bertz CT molecular complexity index is 222. The molecule has 1 atom stereocenters. The molecule has 1 unspecified atom stereocenters. The van der Waals surface area contributed by atoms with Crippen molar-refractivity contribution in [3.8, 4) is 0 Å². The fourth-order valence-electron chi connectivity index (χ4n) is 2.77. The summed E-state index contributed by atoms with van der Waals surface area (Å²) in [7, 11) is 0. The Hall–Kier alpha value is -0.410. The Balaban J connectivity index is 1.75. The predicted octanol–water partition coefficient (Wildman–Crippen LogP) is 1.14. The van der Waals surface area contributed by atoms with Crippen LogP contribution in [-0.4, -0.2) is 54.3 Å². The van der Waals surface area contributed by atoms with Crippen LogP contribution >= 0.6 is 0 Å². The molecule has 0 amide bonds. The second-order valence-electron chi connectivity index (χ2n) is 4.81. The molecule has 0 aromatic heterocycles. The van der Waals surface area contributed by atoms with E-state index in [2.05, 4.69) is 16.7 Å². The summed E-state index contributed by atoms with van der Waals surface area (Å²) in [5.74, 6) is 0.469. The number of carbonyl (C=O) groups excluding carboxylic acids is 1. The Labute approximate surface area is 92.4 Å². The molecule has 0 N–H and O–H groups in total. The molecule has 0 aromatic carbocycles. The smallest absolute Gasteiger partial charge is 0.134 e. The summed E-state index contributed by atoms with van der Waals surface area (Å²) in [6, 6.07) is 0.571. The van der Waals surface area contributed by atoms with E-state index in [1.165, 1.54) is 26.1 Å². The van der Waals surface area contributed by atoms with Crippen molar-refractivity contribution >= 4 is 5.78 Å². The van der Waals surface area contributed by atoms with Gasteiger partial charge in [0.05, 0.1) is 0 Å². The molecule has 3 nitrogen and oxygen atoms in total. The second kappa shape index (κ2) is 5.08. The van der Waals surface area contributed by atoms with Crippen LogP contribution in [0, 0.1) is 0 Å². The third-order valence-electron chi connectivity index (χ3n) is 3.68. The Morgan fingerprint density at radius 3 is 2.53 bits per heavy atom. The molecule has 2 rings (SSSR count). The van der Waals surface area contributed by atoms with E-state index in [4.69, 9.17) is 0 Å². The van der Waals surface area contributed by atoms with Crippen molar-refractivity contribution in [2.24, 2.45) is 0 Å². The van der Waals surface area contributed by atoms with E-state index in [0.29, 0.717) is 11.8 Å². The van der Waals surface area contributed by atoms with Crippen LogP contribution in [0.1, 0.15) is 32.6 Å². The lowest BCUT2D eigenvalue weighted by atomic mass is 10.2. The van der Waals surface area contributed by atoms with E-state index in [0.717, 1.165) is 32.4 Å². The molecule has 3 heteroatoms. The van der Waals surface area contributed by atoms with Crippen molar-refractivity contribution in [1.82, 2.24) is 9.80 Å². The summed E-state index contributed by atoms with van der Waals surface area (Å²) in [5, 5.41) is 0. The molecule has 1 heterocycles. The van der Waals surface area contributed by atoms with Crippen LogP contribution in [0.5, 0.6) is 0 Å². The van der Waals surface area contributed by atoms with Crippen LogP contribution in [0.15, 0.2) is 0 Å². The lowest BCUT2D eigenvalue weighted by Gasteiger charge is -2.37. The molecule has 2 aliphatic rings. The number of Topliss-reactive ketones (excluding diaryl/α,β-unsaturated/α-hetero) is 1. The highest BCUT2D eigenvalue weighted by Crippen LogP contribution is 2.21. The third kappa shape index (κ3) is 2.79. The van der Waals surface area contributed by atoms with Crippen LogP contribution in [0.4, 0.5) is 0 Å². The van der Waals surface area contributed by atoms with Crippen molar-refractivity contribution in [2.75, 3.05) is 32.7 Å². The minimum absolute atomic E-state index is 0.469. The largest absolute Gasteiger partial charge is 0.301 e. The molecule has 1 aliphatic carbocycles. The Morgan fingerprint density at radius 1 is 1.27 bits per heavy atom. The lowest BCUT2D eigenvalue weighted by Crippen LogP contribution is -2.49. The van der Waals surface area contributed by atoms with Gasteiger partial charge in [-0.2, -0.15) is 0 Å².